The molecule has 0 bridgehead atoms. The van der Waals surface area contributed by atoms with E-state index < -0.39 is 5.82 Å². The quantitative estimate of drug-likeness (QED) is 0.873. The minimum Gasteiger partial charge on any atom is -0.469 e. The lowest BCUT2D eigenvalue weighted by Gasteiger charge is -2.17. The summed E-state index contributed by atoms with van der Waals surface area (Å²) in [4.78, 5) is 24.9. The van der Waals surface area contributed by atoms with Crippen LogP contribution < -0.4 is 5.32 Å². The first-order valence-corrected chi connectivity index (χ1v) is 6.95. The third kappa shape index (κ3) is 4.07. The summed E-state index contributed by atoms with van der Waals surface area (Å²) in [5.74, 6) is -0.693. The molecule has 1 aromatic carbocycles. The Labute approximate surface area is 127 Å². The Kier molecular flexibility index (Phi) is 5.01. The predicted octanol–water partition coefficient (Wildman–Crippen LogP) is 2.90. The molecule has 7 heteroatoms. The summed E-state index contributed by atoms with van der Waals surface area (Å²) in [6, 6.07) is 3.71. The minimum absolute atomic E-state index is 0.0437. The van der Waals surface area contributed by atoms with E-state index >= 15 is 0 Å². The van der Waals surface area contributed by atoms with Gasteiger partial charge in [0.15, 0.2) is 0 Å². The fourth-order valence-corrected chi connectivity index (χ4v) is 2.46. The van der Waals surface area contributed by atoms with Crippen LogP contribution in [0.3, 0.4) is 0 Å². The SMILES string of the molecule is COC(=O)C[C@H]1CCN(C(=O)Nc2ccc(F)c(Cl)c2)C1. The highest BCUT2D eigenvalue weighted by atomic mass is 35.5. The molecular weight excluding hydrogens is 299 g/mol. The van der Waals surface area contributed by atoms with Gasteiger partial charge in [-0.1, -0.05) is 11.6 Å². The second kappa shape index (κ2) is 6.76. The average Bonchev–Trinajstić information content (AvgIpc) is 2.91. The van der Waals surface area contributed by atoms with E-state index in [4.69, 9.17) is 11.6 Å². The first kappa shape index (κ1) is 15.6. The van der Waals surface area contributed by atoms with E-state index in [1.165, 1.54) is 25.3 Å². The summed E-state index contributed by atoms with van der Waals surface area (Å²) in [5.41, 5.74) is 0.433. The lowest BCUT2D eigenvalue weighted by molar-refractivity contribution is -0.141. The molecule has 0 aromatic heterocycles. The van der Waals surface area contributed by atoms with Crippen molar-refractivity contribution in [2.24, 2.45) is 5.92 Å². The molecule has 1 saturated heterocycles. The molecule has 114 valence electrons. The fraction of sp³-hybridized carbons (Fsp3) is 0.429. The van der Waals surface area contributed by atoms with Crippen LogP contribution >= 0.6 is 11.6 Å². The molecule has 1 fully saturated rings. The van der Waals surface area contributed by atoms with Gasteiger partial charge >= 0.3 is 12.0 Å². The lowest BCUT2D eigenvalue weighted by atomic mass is 10.1. The molecule has 21 heavy (non-hydrogen) atoms. The van der Waals surface area contributed by atoms with Gasteiger partial charge in [-0.3, -0.25) is 4.79 Å². The Balaban J connectivity index is 1.89. The number of urea groups is 1. The van der Waals surface area contributed by atoms with Crippen molar-refractivity contribution < 1.29 is 18.7 Å². The number of methoxy groups -OCH3 is 1. The number of ether oxygens (including phenoxy) is 1. The van der Waals surface area contributed by atoms with E-state index in [2.05, 4.69) is 10.1 Å². The number of nitrogens with one attached hydrogen (secondary N) is 1. The highest BCUT2D eigenvalue weighted by Crippen LogP contribution is 2.23. The van der Waals surface area contributed by atoms with Crippen molar-refractivity contribution in [3.8, 4) is 0 Å². The van der Waals surface area contributed by atoms with Gasteiger partial charge in [-0.05, 0) is 30.5 Å². The van der Waals surface area contributed by atoms with Crippen molar-refractivity contribution in [3.63, 3.8) is 0 Å². The zero-order chi connectivity index (χ0) is 15.4. The van der Waals surface area contributed by atoms with Gasteiger partial charge in [0.25, 0.3) is 0 Å². The van der Waals surface area contributed by atoms with Crippen LogP contribution in [0, 0.1) is 11.7 Å². The predicted molar refractivity (Wildman–Crippen MR) is 76.7 cm³/mol. The third-order valence-corrected chi connectivity index (χ3v) is 3.72. The van der Waals surface area contributed by atoms with Crippen LogP contribution in [-0.2, 0) is 9.53 Å². The van der Waals surface area contributed by atoms with Gasteiger partial charge in [0.2, 0.25) is 0 Å². The highest BCUT2D eigenvalue weighted by molar-refractivity contribution is 6.31. The number of carbonyl (C=O) groups is 2. The molecule has 0 saturated carbocycles. The third-order valence-electron chi connectivity index (χ3n) is 3.43. The topological polar surface area (TPSA) is 58.6 Å². The summed E-state index contributed by atoms with van der Waals surface area (Å²) >= 11 is 5.66. The number of anilines is 1. The zero-order valence-corrected chi connectivity index (χ0v) is 12.3. The Morgan fingerprint density at radius 3 is 2.95 bits per heavy atom. The summed E-state index contributed by atoms with van der Waals surface area (Å²) < 4.78 is 17.7. The monoisotopic (exact) mass is 314 g/mol. The van der Waals surface area contributed by atoms with E-state index in [-0.39, 0.29) is 22.9 Å². The van der Waals surface area contributed by atoms with Gasteiger partial charge < -0.3 is 15.0 Å². The molecule has 1 heterocycles. The van der Waals surface area contributed by atoms with Gasteiger partial charge in [0.1, 0.15) is 5.82 Å². The first-order valence-electron chi connectivity index (χ1n) is 6.57. The molecule has 0 radical (unpaired) electrons. The van der Waals surface area contributed by atoms with Crippen molar-refractivity contribution in [2.75, 3.05) is 25.5 Å². The Hall–Kier alpha value is -1.82. The van der Waals surface area contributed by atoms with Crippen LogP contribution in [0.15, 0.2) is 18.2 Å². The van der Waals surface area contributed by atoms with Crippen LogP contribution in [0.5, 0.6) is 0 Å². The largest absolute Gasteiger partial charge is 0.469 e. The number of halogens is 2. The zero-order valence-electron chi connectivity index (χ0n) is 11.6. The van der Waals surface area contributed by atoms with Gasteiger partial charge in [-0.25, -0.2) is 9.18 Å². The smallest absolute Gasteiger partial charge is 0.321 e. The van der Waals surface area contributed by atoms with Crippen molar-refractivity contribution >= 4 is 29.3 Å². The van der Waals surface area contributed by atoms with Gasteiger partial charge in [-0.15, -0.1) is 0 Å². The molecule has 0 unspecified atom stereocenters. The molecule has 0 spiro atoms. The highest BCUT2D eigenvalue weighted by Gasteiger charge is 2.28. The van der Waals surface area contributed by atoms with E-state index in [0.29, 0.717) is 25.2 Å². The van der Waals surface area contributed by atoms with Gasteiger partial charge in [0.05, 0.1) is 18.6 Å². The maximum atomic E-state index is 13.0. The van der Waals surface area contributed by atoms with Crippen molar-refractivity contribution in [1.82, 2.24) is 4.90 Å². The number of benzene rings is 1. The second-order valence-corrected chi connectivity index (χ2v) is 5.35. The average molecular weight is 315 g/mol. The van der Waals surface area contributed by atoms with E-state index in [0.717, 1.165) is 6.42 Å². The van der Waals surface area contributed by atoms with Gasteiger partial charge in [0, 0.05) is 18.8 Å². The Bertz CT molecular complexity index is 553. The molecule has 0 aliphatic carbocycles. The number of nitrogens with zero attached hydrogens (tertiary/aromatic N) is 1. The Morgan fingerprint density at radius 2 is 2.29 bits per heavy atom. The lowest BCUT2D eigenvalue weighted by Crippen LogP contribution is -2.33. The minimum atomic E-state index is -0.533. The van der Waals surface area contributed by atoms with Crippen molar-refractivity contribution in [2.45, 2.75) is 12.8 Å². The van der Waals surface area contributed by atoms with E-state index in [9.17, 15) is 14.0 Å². The number of amides is 2. The molecule has 1 aliphatic heterocycles. The number of carbonyl (C=O) groups excluding carboxylic acids is 2. The number of esters is 1. The van der Waals surface area contributed by atoms with Crippen molar-refractivity contribution in [1.29, 1.82) is 0 Å². The van der Waals surface area contributed by atoms with Crippen LogP contribution in [0.1, 0.15) is 12.8 Å². The molecule has 1 atom stereocenters. The fourth-order valence-electron chi connectivity index (χ4n) is 2.28. The maximum Gasteiger partial charge on any atom is 0.321 e. The maximum absolute atomic E-state index is 13.0. The molecular formula is C14H16ClFN2O3. The normalized spacial score (nSPS) is 17.7. The van der Waals surface area contributed by atoms with Crippen LogP contribution in [-0.4, -0.2) is 37.1 Å². The number of likely N-dealkylation sites (tertiary alicyclic amines) is 1. The van der Waals surface area contributed by atoms with Gasteiger partial charge in [-0.2, -0.15) is 0 Å². The summed E-state index contributed by atoms with van der Waals surface area (Å²) in [6.07, 6.45) is 1.06. The molecule has 1 aromatic rings. The van der Waals surface area contributed by atoms with Crippen molar-refractivity contribution in [3.05, 3.63) is 29.0 Å². The van der Waals surface area contributed by atoms with Crippen LogP contribution in [0.25, 0.3) is 0 Å². The van der Waals surface area contributed by atoms with Crippen LogP contribution in [0.2, 0.25) is 5.02 Å². The first-order chi connectivity index (χ1) is 9.99. The standard InChI is InChI=1S/C14H16ClFN2O3/c1-21-13(19)6-9-4-5-18(8-9)14(20)17-10-2-3-12(16)11(15)7-10/h2-3,7,9H,4-6,8H2,1H3,(H,17,20)/t9-/m1/s1. The second-order valence-electron chi connectivity index (χ2n) is 4.94. The molecule has 2 rings (SSSR count). The number of hydrogen-bond acceptors (Lipinski definition) is 3. The van der Waals surface area contributed by atoms with Crippen LogP contribution in [0.4, 0.5) is 14.9 Å². The molecule has 2 amide bonds. The summed E-state index contributed by atoms with van der Waals surface area (Å²) in [5, 5.41) is 2.62. The van der Waals surface area contributed by atoms with E-state index in [1.54, 1.807) is 4.90 Å². The molecule has 1 N–H and O–H groups in total. The van der Waals surface area contributed by atoms with E-state index in [1.807, 2.05) is 0 Å². The summed E-state index contributed by atoms with van der Waals surface area (Å²) in [6.45, 7) is 1.07. The molecule has 5 nitrogen and oxygen atoms in total. The number of rotatable bonds is 3. The number of hydrogen-bond donors (Lipinski definition) is 1. The summed E-state index contributed by atoms with van der Waals surface area (Å²) in [7, 11) is 1.35. The Morgan fingerprint density at radius 1 is 1.52 bits per heavy atom. The molecule has 1 aliphatic rings.